The van der Waals surface area contributed by atoms with Crippen molar-refractivity contribution in [3.63, 3.8) is 0 Å². The number of imidazole rings is 1. The SMILES string of the molecule is COc1cc2c(cc1Br)=Cc1nc(C)cn1NC=2c1ccc([N+](=O)[O-])cc1. The van der Waals surface area contributed by atoms with Crippen molar-refractivity contribution in [1.82, 2.24) is 9.66 Å². The number of hydrogen-bond donors (Lipinski definition) is 1. The number of methoxy groups -OCH3 is 1. The van der Waals surface area contributed by atoms with Crippen LogP contribution in [0.25, 0.3) is 11.8 Å². The molecule has 2 heterocycles. The molecule has 0 bridgehead atoms. The van der Waals surface area contributed by atoms with Gasteiger partial charge in [-0.05, 0) is 58.4 Å². The maximum absolute atomic E-state index is 11.0. The molecule has 0 amide bonds. The van der Waals surface area contributed by atoms with Crippen molar-refractivity contribution in [2.24, 2.45) is 0 Å². The third-order valence-electron chi connectivity index (χ3n) is 4.33. The van der Waals surface area contributed by atoms with Crippen molar-refractivity contribution >= 4 is 33.4 Å². The van der Waals surface area contributed by atoms with Gasteiger partial charge in [0, 0.05) is 29.1 Å². The van der Waals surface area contributed by atoms with Gasteiger partial charge in [-0.2, -0.15) is 0 Å². The molecule has 0 saturated heterocycles. The maximum Gasteiger partial charge on any atom is 0.269 e. The van der Waals surface area contributed by atoms with Gasteiger partial charge in [-0.3, -0.25) is 15.5 Å². The van der Waals surface area contributed by atoms with Crippen LogP contribution in [0.2, 0.25) is 0 Å². The van der Waals surface area contributed by atoms with E-state index in [4.69, 9.17) is 4.74 Å². The molecule has 4 rings (SSSR count). The van der Waals surface area contributed by atoms with Crippen LogP contribution in [0.15, 0.2) is 47.1 Å². The van der Waals surface area contributed by atoms with Gasteiger partial charge in [-0.15, -0.1) is 0 Å². The smallest absolute Gasteiger partial charge is 0.269 e. The molecule has 0 spiro atoms. The molecule has 0 radical (unpaired) electrons. The van der Waals surface area contributed by atoms with E-state index in [-0.39, 0.29) is 5.69 Å². The number of nitrogens with zero attached hydrogens (tertiary/aromatic N) is 3. The summed E-state index contributed by atoms with van der Waals surface area (Å²) in [6, 6.07) is 10.4. The Morgan fingerprint density at radius 3 is 2.67 bits per heavy atom. The number of benzene rings is 2. The number of non-ortho nitro benzene ring substituents is 1. The van der Waals surface area contributed by atoms with Crippen LogP contribution < -0.4 is 20.6 Å². The number of rotatable bonds is 3. The second kappa shape index (κ2) is 6.55. The number of hydrogen-bond acceptors (Lipinski definition) is 5. The third kappa shape index (κ3) is 3.08. The summed E-state index contributed by atoms with van der Waals surface area (Å²) in [4.78, 5) is 15.1. The van der Waals surface area contributed by atoms with Crippen molar-refractivity contribution in [2.75, 3.05) is 12.5 Å². The quantitative estimate of drug-likeness (QED) is 0.513. The number of nitrogens with one attached hydrogen (secondary N) is 1. The van der Waals surface area contributed by atoms with Gasteiger partial charge in [0.15, 0.2) is 5.82 Å². The molecule has 1 N–H and O–H groups in total. The highest BCUT2D eigenvalue weighted by molar-refractivity contribution is 9.10. The van der Waals surface area contributed by atoms with E-state index >= 15 is 0 Å². The van der Waals surface area contributed by atoms with E-state index in [1.807, 2.05) is 36.0 Å². The zero-order valence-electron chi connectivity index (χ0n) is 14.6. The van der Waals surface area contributed by atoms with E-state index < -0.39 is 4.92 Å². The van der Waals surface area contributed by atoms with Crippen molar-refractivity contribution in [3.8, 4) is 5.75 Å². The molecule has 2 aromatic carbocycles. The van der Waals surface area contributed by atoms with E-state index in [0.717, 1.165) is 37.7 Å². The number of fused-ring (bicyclic) bond motifs is 2. The van der Waals surface area contributed by atoms with Crippen LogP contribution >= 0.6 is 15.9 Å². The Balaban J connectivity index is 2.02. The molecule has 3 aromatic rings. The molecule has 8 heteroatoms. The summed E-state index contributed by atoms with van der Waals surface area (Å²) >= 11 is 3.53. The minimum Gasteiger partial charge on any atom is -0.496 e. The minimum atomic E-state index is -0.409. The van der Waals surface area contributed by atoms with Gasteiger partial charge in [-0.25, -0.2) is 9.66 Å². The predicted octanol–water partition coefficient (Wildman–Crippen LogP) is 2.41. The molecule has 27 heavy (non-hydrogen) atoms. The normalized spacial score (nSPS) is 12.3. The molecule has 0 saturated carbocycles. The van der Waals surface area contributed by atoms with E-state index in [9.17, 15) is 10.1 Å². The summed E-state index contributed by atoms with van der Waals surface area (Å²) < 4.78 is 8.12. The molecular formula is C19H15BrN4O3. The van der Waals surface area contributed by atoms with Gasteiger partial charge >= 0.3 is 0 Å². The zero-order chi connectivity index (χ0) is 19.1. The number of nitro groups is 1. The van der Waals surface area contributed by atoms with E-state index in [0.29, 0.717) is 5.75 Å². The van der Waals surface area contributed by atoms with Gasteiger partial charge in [0.1, 0.15) is 5.75 Å². The lowest BCUT2D eigenvalue weighted by Gasteiger charge is -2.13. The summed E-state index contributed by atoms with van der Waals surface area (Å²) in [6.07, 6.45) is 3.88. The second-order valence-electron chi connectivity index (χ2n) is 6.12. The fraction of sp³-hybridized carbons (Fsp3) is 0.105. The van der Waals surface area contributed by atoms with Gasteiger partial charge in [0.05, 0.1) is 27.9 Å². The summed E-state index contributed by atoms with van der Waals surface area (Å²) in [6.45, 7) is 1.92. The van der Waals surface area contributed by atoms with E-state index in [2.05, 4.69) is 26.3 Å². The Kier molecular flexibility index (Phi) is 4.19. The Labute approximate surface area is 162 Å². The maximum atomic E-state index is 11.0. The predicted molar refractivity (Wildman–Crippen MR) is 105 cm³/mol. The van der Waals surface area contributed by atoms with Crippen LogP contribution in [0.3, 0.4) is 0 Å². The molecule has 0 atom stereocenters. The second-order valence-corrected chi connectivity index (χ2v) is 6.97. The van der Waals surface area contributed by atoms with Crippen molar-refractivity contribution in [1.29, 1.82) is 0 Å². The first kappa shape index (κ1) is 17.3. The number of aryl methyl sites for hydroxylation is 1. The lowest BCUT2D eigenvalue weighted by atomic mass is 10.1. The molecule has 136 valence electrons. The van der Waals surface area contributed by atoms with Crippen LogP contribution in [-0.4, -0.2) is 21.7 Å². The Morgan fingerprint density at radius 1 is 1.26 bits per heavy atom. The van der Waals surface area contributed by atoms with Crippen LogP contribution in [0.1, 0.15) is 17.1 Å². The standard InChI is InChI=1S/C19H15BrN4O3/c1-11-10-23-18(21-11)8-13-7-16(20)17(27-2)9-15(13)19(22-23)12-3-5-14(6-4-12)24(25)26/h3-10,22H,1-2H3. The van der Waals surface area contributed by atoms with Crippen molar-refractivity contribution < 1.29 is 9.66 Å². The van der Waals surface area contributed by atoms with E-state index in [1.54, 1.807) is 19.2 Å². The fourth-order valence-corrected chi connectivity index (χ4v) is 3.58. The fourth-order valence-electron chi connectivity index (χ4n) is 3.06. The van der Waals surface area contributed by atoms with Crippen molar-refractivity contribution in [3.05, 3.63) is 84.7 Å². The summed E-state index contributed by atoms with van der Waals surface area (Å²) in [5.74, 6) is 1.46. The number of nitro benzene ring substituents is 1. The first-order valence-corrected chi connectivity index (χ1v) is 8.93. The van der Waals surface area contributed by atoms with Crippen LogP contribution in [0.4, 0.5) is 5.69 Å². The highest BCUT2D eigenvalue weighted by Gasteiger charge is 2.15. The average Bonchev–Trinajstić information content (AvgIpc) is 2.92. The lowest BCUT2D eigenvalue weighted by Crippen LogP contribution is -2.30. The van der Waals surface area contributed by atoms with Crippen molar-refractivity contribution in [2.45, 2.75) is 6.92 Å². The summed E-state index contributed by atoms with van der Waals surface area (Å²) in [5.41, 5.74) is 5.92. The first-order valence-electron chi connectivity index (χ1n) is 8.13. The van der Waals surface area contributed by atoms with Gasteiger partial charge in [0.2, 0.25) is 0 Å². The number of ether oxygens (including phenoxy) is 1. The first-order chi connectivity index (χ1) is 13.0. The average molecular weight is 427 g/mol. The lowest BCUT2D eigenvalue weighted by molar-refractivity contribution is -0.384. The van der Waals surface area contributed by atoms with Crippen LogP contribution in [0, 0.1) is 17.0 Å². The molecule has 1 aliphatic heterocycles. The Bertz CT molecular complexity index is 1180. The monoisotopic (exact) mass is 426 g/mol. The molecule has 0 unspecified atom stereocenters. The van der Waals surface area contributed by atoms with Gasteiger partial charge in [0.25, 0.3) is 5.69 Å². The molecular weight excluding hydrogens is 412 g/mol. The highest BCUT2D eigenvalue weighted by Crippen LogP contribution is 2.22. The highest BCUT2D eigenvalue weighted by atomic mass is 79.9. The van der Waals surface area contributed by atoms with Gasteiger partial charge < -0.3 is 4.74 Å². The zero-order valence-corrected chi connectivity index (χ0v) is 16.1. The molecule has 7 nitrogen and oxygen atoms in total. The largest absolute Gasteiger partial charge is 0.496 e. The number of aromatic nitrogens is 2. The molecule has 0 fully saturated rings. The summed E-state index contributed by atoms with van der Waals surface area (Å²) in [5, 5.41) is 12.8. The van der Waals surface area contributed by atoms with Crippen LogP contribution in [-0.2, 0) is 0 Å². The summed E-state index contributed by atoms with van der Waals surface area (Å²) in [7, 11) is 1.61. The topological polar surface area (TPSA) is 82.2 Å². The number of halogens is 1. The minimum absolute atomic E-state index is 0.0484. The Hall–Kier alpha value is -3.13. The molecule has 1 aliphatic rings. The third-order valence-corrected chi connectivity index (χ3v) is 4.95. The van der Waals surface area contributed by atoms with Gasteiger partial charge in [-0.1, -0.05) is 0 Å². The molecule has 0 aliphatic carbocycles. The van der Waals surface area contributed by atoms with E-state index in [1.165, 1.54) is 12.1 Å². The molecule has 1 aromatic heterocycles. The van der Waals surface area contributed by atoms with Crippen LogP contribution in [0.5, 0.6) is 5.75 Å². The Morgan fingerprint density at radius 2 is 2.00 bits per heavy atom.